The molecule has 0 aliphatic carbocycles. The van der Waals surface area contributed by atoms with Gasteiger partial charge in [0.15, 0.2) is 0 Å². The topological polar surface area (TPSA) is 132 Å². The van der Waals surface area contributed by atoms with Gasteiger partial charge in [0.1, 0.15) is 5.78 Å². The molecule has 2 amide bonds. The van der Waals surface area contributed by atoms with Gasteiger partial charge in [-0.1, -0.05) is 18.2 Å². The Kier molecular flexibility index (Phi) is 8.53. The molecule has 2 aromatic rings. The molecular formula is C25H27F3N4O5. The Morgan fingerprint density at radius 2 is 1.86 bits per heavy atom. The van der Waals surface area contributed by atoms with Crippen LogP contribution < -0.4 is 10.6 Å². The van der Waals surface area contributed by atoms with Crippen molar-refractivity contribution in [3.8, 4) is 0 Å². The molecule has 12 heteroatoms. The largest absolute Gasteiger partial charge is 0.490 e. The van der Waals surface area contributed by atoms with E-state index in [4.69, 9.17) is 9.90 Å². The van der Waals surface area contributed by atoms with Crippen molar-refractivity contribution < 1.29 is 37.5 Å². The zero-order valence-corrected chi connectivity index (χ0v) is 20.3. The fourth-order valence-electron chi connectivity index (χ4n) is 4.20. The van der Waals surface area contributed by atoms with E-state index in [9.17, 15) is 27.6 Å². The van der Waals surface area contributed by atoms with E-state index in [1.165, 1.54) is 0 Å². The monoisotopic (exact) mass is 520 g/mol. The molecule has 198 valence electrons. The van der Waals surface area contributed by atoms with Gasteiger partial charge >= 0.3 is 12.1 Å². The first-order valence-electron chi connectivity index (χ1n) is 11.5. The molecule has 1 aromatic carbocycles. The molecule has 1 aromatic heterocycles. The number of anilines is 1. The number of piperidine rings is 1. The van der Waals surface area contributed by atoms with Gasteiger partial charge in [-0.05, 0) is 44.5 Å². The van der Waals surface area contributed by atoms with Crippen LogP contribution in [0.1, 0.15) is 45.7 Å². The van der Waals surface area contributed by atoms with Gasteiger partial charge in [-0.15, -0.1) is 0 Å². The van der Waals surface area contributed by atoms with Gasteiger partial charge < -0.3 is 20.7 Å². The number of ketones is 1. The third-order valence-electron chi connectivity index (χ3n) is 5.99. The van der Waals surface area contributed by atoms with Gasteiger partial charge in [-0.3, -0.25) is 19.3 Å². The third-order valence-corrected chi connectivity index (χ3v) is 5.99. The summed E-state index contributed by atoms with van der Waals surface area (Å²) in [5, 5.41) is 13.0. The maximum Gasteiger partial charge on any atom is 0.490 e. The molecule has 0 saturated carbocycles. The van der Waals surface area contributed by atoms with Crippen molar-refractivity contribution in [3.63, 3.8) is 0 Å². The second kappa shape index (κ2) is 11.4. The van der Waals surface area contributed by atoms with E-state index in [0.717, 1.165) is 41.2 Å². The molecule has 9 nitrogen and oxygen atoms in total. The van der Waals surface area contributed by atoms with Gasteiger partial charge in [-0.2, -0.15) is 13.2 Å². The summed E-state index contributed by atoms with van der Waals surface area (Å²) in [6, 6.07) is 7.56. The number of alkyl halides is 3. The predicted molar refractivity (Wildman–Crippen MR) is 130 cm³/mol. The summed E-state index contributed by atoms with van der Waals surface area (Å²) in [5.41, 5.74) is 5.15. The summed E-state index contributed by atoms with van der Waals surface area (Å²) in [6.45, 7) is 6.25. The van der Waals surface area contributed by atoms with E-state index in [0.29, 0.717) is 37.2 Å². The number of halogens is 3. The molecule has 0 unspecified atom stereocenters. The molecule has 1 fully saturated rings. The number of aliphatic carboxylic acids is 1. The Balaban J connectivity index is 0.000000479. The lowest BCUT2D eigenvalue weighted by atomic mass is 10.0. The first-order valence-corrected chi connectivity index (χ1v) is 11.5. The van der Waals surface area contributed by atoms with Gasteiger partial charge in [-0.25, -0.2) is 4.79 Å². The number of nitrogens with zero attached hydrogens (tertiary/aromatic N) is 1. The first-order chi connectivity index (χ1) is 17.4. The number of para-hydroxylation sites is 1. The van der Waals surface area contributed by atoms with Gasteiger partial charge in [0.2, 0.25) is 0 Å². The second-order valence-electron chi connectivity index (χ2n) is 8.70. The number of nitrogens with one attached hydrogen (secondary N) is 3. The molecular weight excluding hydrogens is 493 g/mol. The Bertz CT molecular complexity index is 1250. The minimum Gasteiger partial charge on any atom is -0.475 e. The highest BCUT2D eigenvalue weighted by molar-refractivity contribution is 6.34. The highest BCUT2D eigenvalue weighted by atomic mass is 19.4. The molecule has 1 saturated heterocycles. The number of rotatable bonds is 5. The predicted octanol–water partition coefficient (Wildman–Crippen LogP) is 3.15. The van der Waals surface area contributed by atoms with Crippen LogP contribution in [0.3, 0.4) is 0 Å². The lowest BCUT2D eigenvalue weighted by molar-refractivity contribution is -0.192. The molecule has 0 atom stereocenters. The zero-order chi connectivity index (χ0) is 27.3. The normalized spacial score (nSPS) is 16.6. The van der Waals surface area contributed by atoms with E-state index >= 15 is 0 Å². The SMILES string of the molecule is Cc1[nH]c(/C=C2\C(=O)Nc3ccccc32)c(C)c1C(=O)NCCN1CCCC(=O)C1.O=C(O)C(F)(F)F. The Morgan fingerprint density at radius 1 is 1.19 bits per heavy atom. The van der Waals surface area contributed by atoms with Crippen molar-refractivity contribution in [2.24, 2.45) is 0 Å². The summed E-state index contributed by atoms with van der Waals surface area (Å²) in [7, 11) is 0. The average molecular weight is 521 g/mol. The van der Waals surface area contributed by atoms with Crippen molar-refractivity contribution >= 4 is 40.9 Å². The third kappa shape index (κ3) is 6.85. The Morgan fingerprint density at radius 3 is 2.51 bits per heavy atom. The molecule has 0 bridgehead atoms. The number of aromatic nitrogens is 1. The summed E-state index contributed by atoms with van der Waals surface area (Å²) in [6.07, 6.45) is -1.73. The number of carboxylic acid groups (broad SMARTS) is 1. The number of benzene rings is 1. The number of H-pyrrole nitrogens is 1. The van der Waals surface area contributed by atoms with E-state index in [2.05, 4.69) is 20.5 Å². The summed E-state index contributed by atoms with van der Waals surface area (Å²) in [4.78, 5) is 51.0. The van der Waals surface area contributed by atoms with Gasteiger partial charge in [0.25, 0.3) is 11.8 Å². The fraction of sp³-hybridized carbons (Fsp3) is 0.360. The first kappa shape index (κ1) is 27.7. The zero-order valence-electron chi connectivity index (χ0n) is 20.3. The number of hydrogen-bond acceptors (Lipinski definition) is 5. The van der Waals surface area contributed by atoms with Crippen molar-refractivity contribution in [2.75, 3.05) is 31.5 Å². The molecule has 3 heterocycles. The minimum atomic E-state index is -5.08. The Hall–Kier alpha value is -3.93. The van der Waals surface area contributed by atoms with Crippen LogP contribution in [0.15, 0.2) is 24.3 Å². The number of likely N-dealkylation sites (tertiary alicyclic amines) is 1. The van der Waals surface area contributed by atoms with E-state index in [1.54, 1.807) is 6.08 Å². The van der Waals surface area contributed by atoms with Crippen molar-refractivity contribution in [2.45, 2.75) is 32.9 Å². The van der Waals surface area contributed by atoms with E-state index in [1.807, 2.05) is 38.1 Å². The van der Waals surface area contributed by atoms with Gasteiger partial charge in [0.05, 0.1) is 17.7 Å². The van der Waals surface area contributed by atoms with Crippen LogP contribution in [0.4, 0.5) is 18.9 Å². The highest BCUT2D eigenvalue weighted by Gasteiger charge is 2.38. The average Bonchev–Trinajstić information content (AvgIpc) is 3.28. The number of carbonyl (C=O) groups is 4. The maximum atomic E-state index is 12.8. The Labute approximate surface area is 210 Å². The number of Topliss-reactive ketones (excluding diaryl/α,β-unsaturated/α-hetero) is 1. The molecule has 0 spiro atoms. The number of aryl methyl sites for hydroxylation is 1. The maximum absolute atomic E-state index is 12.8. The summed E-state index contributed by atoms with van der Waals surface area (Å²) >= 11 is 0. The molecule has 2 aliphatic heterocycles. The van der Waals surface area contributed by atoms with E-state index < -0.39 is 12.1 Å². The molecule has 4 rings (SSSR count). The fourth-order valence-corrected chi connectivity index (χ4v) is 4.20. The van der Waals surface area contributed by atoms with Gasteiger partial charge in [0, 0.05) is 42.1 Å². The van der Waals surface area contributed by atoms with Crippen LogP contribution in [0, 0.1) is 13.8 Å². The highest BCUT2D eigenvalue weighted by Crippen LogP contribution is 2.33. The summed E-state index contributed by atoms with van der Waals surface area (Å²) < 4.78 is 31.7. The lowest BCUT2D eigenvalue weighted by Crippen LogP contribution is -2.41. The minimum absolute atomic E-state index is 0.148. The lowest BCUT2D eigenvalue weighted by Gasteiger charge is -2.25. The number of amides is 2. The second-order valence-corrected chi connectivity index (χ2v) is 8.70. The number of carboxylic acids is 1. The van der Waals surface area contributed by atoms with Crippen molar-refractivity contribution in [3.05, 3.63) is 52.3 Å². The van der Waals surface area contributed by atoms with Crippen molar-refractivity contribution in [1.82, 2.24) is 15.2 Å². The molecule has 4 N–H and O–H groups in total. The van der Waals surface area contributed by atoms with Crippen LogP contribution >= 0.6 is 0 Å². The number of aromatic amines is 1. The van der Waals surface area contributed by atoms with E-state index in [-0.39, 0.29) is 17.6 Å². The van der Waals surface area contributed by atoms with Crippen LogP contribution in [0.5, 0.6) is 0 Å². The quantitative estimate of drug-likeness (QED) is 0.448. The number of fused-ring (bicyclic) bond motifs is 1. The van der Waals surface area contributed by atoms with Crippen LogP contribution in [-0.4, -0.2) is 70.9 Å². The smallest absolute Gasteiger partial charge is 0.475 e. The number of carbonyl (C=O) groups excluding carboxylic acids is 3. The number of hydrogen-bond donors (Lipinski definition) is 4. The molecule has 2 aliphatic rings. The van der Waals surface area contributed by atoms with Crippen LogP contribution in [-0.2, 0) is 14.4 Å². The van der Waals surface area contributed by atoms with Crippen LogP contribution in [0.2, 0.25) is 0 Å². The molecule has 37 heavy (non-hydrogen) atoms. The molecule has 0 radical (unpaired) electrons. The van der Waals surface area contributed by atoms with Crippen LogP contribution in [0.25, 0.3) is 11.6 Å². The standard InChI is InChI=1S/C23H26N4O3.C2HF3O2/c1-14-20(12-18-17-7-3-4-8-19(17)26-22(18)29)25-15(2)21(14)23(30)24-9-11-27-10-5-6-16(28)13-27;3-2(4,5)1(6)7/h3-4,7-8,12,25H,5-6,9-11,13H2,1-2H3,(H,24,30)(H,26,29);(H,6,7)/b18-12-;. The summed E-state index contributed by atoms with van der Waals surface area (Å²) in [5.74, 6) is -2.79. The van der Waals surface area contributed by atoms with Crippen molar-refractivity contribution in [1.29, 1.82) is 0 Å².